The Labute approximate surface area is 137 Å². The van der Waals surface area contributed by atoms with Crippen LogP contribution in [-0.2, 0) is 20.8 Å². The maximum absolute atomic E-state index is 5.77. The lowest BCUT2D eigenvalue weighted by Gasteiger charge is -2.18. The first-order valence-electron chi connectivity index (χ1n) is 7.78. The van der Waals surface area contributed by atoms with Crippen molar-refractivity contribution in [2.75, 3.05) is 33.5 Å². The standard InChI is InChI=1S/C19H24O4/c1-20-12-13-22-19(16-23-18-10-6-3-7-11-18)15-21-14-17-8-4-2-5-9-17/h2-11,19H,12-16H2,1H3. The highest BCUT2D eigenvalue weighted by atomic mass is 16.6. The minimum atomic E-state index is -0.130. The zero-order valence-electron chi connectivity index (χ0n) is 13.5. The van der Waals surface area contributed by atoms with Crippen LogP contribution < -0.4 is 4.74 Å². The van der Waals surface area contributed by atoms with Crippen LogP contribution in [0.15, 0.2) is 60.7 Å². The van der Waals surface area contributed by atoms with Gasteiger partial charge >= 0.3 is 0 Å². The van der Waals surface area contributed by atoms with Gasteiger partial charge in [0.1, 0.15) is 18.5 Å². The van der Waals surface area contributed by atoms with Gasteiger partial charge < -0.3 is 18.9 Å². The van der Waals surface area contributed by atoms with E-state index in [4.69, 9.17) is 18.9 Å². The van der Waals surface area contributed by atoms with Crippen LogP contribution in [0.3, 0.4) is 0 Å². The lowest BCUT2D eigenvalue weighted by atomic mass is 10.2. The summed E-state index contributed by atoms with van der Waals surface area (Å²) in [5.74, 6) is 0.830. The van der Waals surface area contributed by atoms with Gasteiger partial charge in [-0.1, -0.05) is 48.5 Å². The molecule has 0 aromatic heterocycles. The zero-order valence-corrected chi connectivity index (χ0v) is 13.5. The molecule has 0 heterocycles. The maximum atomic E-state index is 5.77. The summed E-state index contributed by atoms with van der Waals surface area (Å²) < 4.78 is 22.3. The van der Waals surface area contributed by atoms with Crippen molar-refractivity contribution in [1.29, 1.82) is 0 Å². The third-order valence-electron chi connectivity index (χ3n) is 3.24. The van der Waals surface area contributed by atoms with Crippen molar-refractivity contribution >= 4 is 0 Å². The molecular weight excluding hydrogens is 292 g/mol. The molecule has 1 unspecified atom stereocenters. The van der Waals surface area contributed by atoms with E-state index in [-0.39, 0.29) is 6.10 Å². The SMILES string of the molecule is COCCOC(COCc1ccccc1)COc1ccccc1. The van der Waals surface area contributed by atoms with Gasteiger partial charge in [-0.3, -0.25) is 0 Å². The summed E-state index contributed by atoms with van der Waals surface area (Å²) in [6, 6.07) is 19.8. The molecule has 0 radical (unpaired) electrons. The molecule has 0 aliphatic carbocycles. The zero-order chi connectivity index (χ0) is 16.2. The molecule has 0 aliphatic rings. The van der Waals surface area contributed by atoms with Crippen LogP contribution in [0.2, 0.25) is 0 Å². The molecule has 23 heavy (non-hydrogen) atoms. The van der Waals surface area contributed by atoms with E-state index < -0.39 is 0 Å². The highest BCUT2D eigenvalue weighted by Gasteiger charge is 2.11. The predicted octanol–water partition coefficient (Wildman–Crippen LogP) is 3.31. The molecule has 2 aromatic carbocycles. The highest BCUT2D eigenvalue weighted by Crippen LogP contribution is 2.10. The summed E-state index contributed by atoms with van der Waals surface area (Å²) in [4.78, 5) is 0. The van der Waals surface area contributed by atoms with Crippen LogP contribution in [0.5, 0.6) is 5.75 Å². The summed E-state index contributed by atoms with van der Waals surface area (Å²) in [6.45, 7) is 2.57. The average molecular weight is 316 g/mol. The van der Waals surface area contributed by atoms with Crippen molar-refractivity contribution in [3.63, 3.8) is 0 Å². The molecule has 2 rings (SSSR count). The van der Waals surface area contributed by atoms with Gasteiger partial charge in [-0.05, 0) is 17.7 Å². The fourth-order valence-electron chi connectivity index (χ4n) is 2.03. The Morgan fingerprint density at radius 2 is 1.52 bits per heavy atom. The molecule has 1 atom stereocenters. The lowest BCUT2D eigenvalue weighted by Crippen LogP contribution is -2.28. The number of para-hydroxylation sites is 1. The molecule has 0 spiro atoms. The molecule has 124 valence electrons. The summed E-state index contributed by atoms with van der Waals surface area (Å²) in [5, 5.41) is 0. The van der Waals surface area contributed by atoms with Crippen molar-refractivity contribution in [3.05, 3.63) is 66.2 Å². The summed E-state index contributed by atoms with van der Waals surface area (Å²) >= 11 is 0. The van der Waals surface area contributed by atoms with Crippen molar-refractivity contribution in [1.82, 2.24) is 0 Å². The molecule has 0 saturated heterocycles. The Kier molecular flexibility index (Phi) is 8.19. The first-order valence-corrected chi connectivity index (χ1v) is 7.78. The number of hydrogen-bond acceptors (Lipinski definition) is 4. The Morgan fingerprint density at radius 1 is 0.826 bits per heavy atom. The smallest absolute Gasteiger partial charge is 0.119 e. The maximum Gasteiger partial charge on any atom is 0.119 e. The first kappa shape index (κ1) is 17.5. The number of rotatable bonds is 11. The number of hydrogen-bond donors (Lipinski definition) is 0. The monoisotopic (exact) mass is 316 g/mol. The van der Waals surface area contributed by atoms with Crippen molar-refractivity contribution in [2.45, 2.75) is 12.7 Å². The molecular formula is C19H24O4. The molecule has 4 heteroatoms. The van der Waals surface area contributed by atoms with Gasteiger partial charge in [-0.2, -0.15) is 0 Å². The van der Waals surface area contributed by atoms with Crippen LogP contribution in [0.25, 0.3) is 0 Å². The fraction of sp³-hybridized carbons (Fsp3) is 0.368. The average Bonchev–Trinajstić information content (AvgIpc) is 2.61. The Morgan fingerprint density at radius 3 is 2.22 bits per heavy atom. The van der Waals surface area contributed by atoms with Crippen molar-refractivity contribution in [2.24, 2.45) is 0 Å². The van der Waals surface area contributed by atoms with E-state index >= 15 is 0 Å². The summed E-state index contributed by atoms with van der Waals surface area (Å²) in [5.41, 5.74) is 1.15. The van der Waals surface area contributed by atoms with E-state index in [2.05, 4.69) is 0 Å². The normalized spacial score (nSPS) is 12.0. The van der Waals surface area contributed by atoms with Crippen LogP contribution >= 0.6 is 0 Å². The Hall–Kier alpha value is -1.88. The van der Waals surface area contributed by atoms with Crippen LogP contribution in [0.4, 0.5) is 0 Å². The van der Waals surface area contributed by atoms with E-state index in [1.165, 1.54) is 0 Å². The van der Waals surface area contributed by atoms with Gasteiger partial charge in [0, 0.05) is 7.11 Å². The van der Waals surface area contributed by atoms with E-state index in [1.54, 1.807) is 7.11 Å². The lowest BCUT2D eigenvalue weighted by molar-refractivity contribution is -0.0539. The Bertz CT molecular complexity index is 515. The van der Waals surface area contributed by atoms with Gasteiger partial charge in [0.15, 0.2) is 0 Å². The molecule has 0 aliphatic heterocycles. The molecule has 0 N–H and O–H groups in total. The van der Waals surface area contributed by atoms with E-state index in [0.29, 0.717) is 33.0 Å². The Balaban J connectivity index is 1.76. The quantitative estimate of drug-likeness (QED) is 0.596. The van der Waals surface area contributed by atoms with Gasteiger partial charge in [0.2, 0.25) is 0 Å². The topological polar surface area (TPSA) is 36.9 Å². The van der Waals surface area contributed by atoms with E-state index in [1.807, 2.05) is 60.7 Å². The second-order valence-corrected chi connectivity index (χ2v) is 5.11. The molecule has 0 saturated carbocycles. The number of benzene rings is 2. The fourth-order valence-corrected chi connectivity index (χ4v) is 2.03. The second kappa shape index (κ2) is 10.8. The van der Waals surface area contributed by atoms with Gasteiger partial charge in [0.25, 0.3) is 0 Å². The van der Waals surface area contributed by atoms with Crippen molar-refractivity contribution < 1.29 is 18.9 Å². The molecule has 0 bridgehead atoms. The molecule has 0 fully saturated rings. The molecule has 0 amide bonds. The van der Waals surface area contributed by atoms with E-state index in [0.717, 1.165) is 11.3 Å². The van der Waals surface area contributed by atoms with Gasteiger partial charge in [-0.25, -0.2) is 0 Å². The first-order chi connectivity index (χ1) is 11.4. The van der Waals surface area contributed by atoms with Gasteiger partial charge in [-0.15, -0.1) is 0 Å². The number of ether oxygens (including phenoxy) is 4. The third-order valence-corrected chi connectivity index (χ3v) is 3.24. The van der Waals surface area contributed by atoms with E-state index in [9.17, 15) is 0 Å². The highest BCUT2D eigenvalue weighted by molar-refractivity contribution is 5.20. The molecule has 2 aromatic rings. The summed E-state index contributed by atoms with van der Waals surface area (Å²) in [7, 11) is 1.66. The van der Waals surface area contributed by atoms with Gasteiger partial charge in [0.05, 0.1) is 26.4 Å². The van der Waals surface area contributed by atoms with Crippen LogP contribution in [0, 0.1) is 0 Å². The minimum Gasteiger partial charge on any atom is -0.491 e. The largest absolute Gasteiger partial charge is 0.491 e. The number of methoxy groups -OCH3 is 1. The minimum absolute atomic E-state index is 0.130. The molecule has 4 nitrogen and oxygen atoms in total. The van der Waals surface area contributed by atoms with Crippen LogP contribution in [-0.4, -0.2) is 39.6 Å². The van der Waals surface area contributed by atoms with Crippen LogP contribution in [0.1, 0.15) is 5.56 Å². The summed E-state index contributed by atoms with van der Waals surface area (Å²) in [6.07, 6.45) is -0.130. The third kappa shape index (κ3) is 7.28. The van der Waals surface area contributed by atoms with Crippen molar-refractivity contribution in [3.8, 4) is 5.75 Å². The predicted molar refractivity (Wildman–Crippen MR) is 89.7 cm³/mol. The second-order valence-electron chi connectivity index (χ2n) is 5.11.